The number of methoxy groups -OCH3 is 2. The van der Waals surface area contributed by atoms with Gasteiger partial charge in [-0.05, 0) is 84.5 Å². The maximum Gasteiger partial charge on any atom is 0.257 e. The Morgan fingerprint density at radius 2 is 1.38 bits per heavy atom. The average molecular weight is 553 g/mol. The summed E-state index contributed by atoms with van der Waals surface area (Å²) in [6.45, 7) is 0. The van der Waals surface area contributed by atoms with Crippen LogP contribution in [0.4, 0.5) is 22.7 Å². The van der Waals surface area contributed by atoms with Crippen LogP contribution in [0.5, 0.6) is 11.5 Å². The highest BCUT2D eigenvalue weighted by Crippen LogP contribution is 2.28. The number of benzene rings is 4. The number of rotatable bonds is 9. The molecule has 4 N–H and O–H groups in total. The number of carbonyl (C=O) groups excluding carboxylic acids is 2. The van der Waals surface area contributed by atoms with Crippen molar-refractivity contribution in [3.63, 3.8) is 0 Å². The Morgan fingerprint density at radius 3 is 2.10 bits per heavy atom. The molecule has 0 aliphatic heterocycles. The van der Waals surface area contributed by atoms with Gasteiger partial charge in [-0.1, -0.05) is 36.4 Å². The molecule has 2 amide bonds. The number of nitrogens with one attached hydrogen (secondary N) is 4. The maximum atomic E-state index is 13.0. The van der Waals surface area contributed by atoms with E-state index in [9.17, 15) is 9.59 Å². The molecule has 0 aliphatic carbocycles. The summed E-state index contributed by atoms with van der Waals surface area (Å²) in [4.78, 5) is 25.5. The van der Waals surface area contributed by atoms with E-state index < -0.39 is 5.91 Å². The van der Waals surface area contributed by atoms with Crippen molar-refractivity contribution in [1.82, 2.24) is 5.32 Å². The van der Waals surface area contributed by atoms with Gasteiger partial charge in [0, 0.05) is 23.1 Å². The summed E-state index contributed by atoms with van der Waals surface area (Å²) in [5.74, 6) is 0.388. The fourth-order valence-electron chi connectivity index (χ4n) is 3.75. The Balaban J connectivity index is 1.34. The number of para-hydroxylation sites is 2. The Bertz CT molecular complexity index is 1520. The molecule has 40 heavy (non-hydrogen) atoms. The van der Waals surface area contributed by atoms with Crippen molar-refractivity contribution in [3.8, 4) is 11.5 Å². The zero-order valence-electron chi connectivity index (χ0n) is 21.9. The van der Waals surface area contributed by atoms with Gasteiger partial charge in [-0.3, -0.25) is 14.9 Å². The smallest absolute Gasteiger partial charge is 0.257 e. The summed E-state index contributed by atoms with van der Waals surface area (Å²) in [6.07, 6.45) is 2.98. The van der Waals surface area contributed by atoms with Crippen LogP contribution in [0.2, 0.25) is 0 Å². The van der Waals surface area contributed by atoms with E-state index in [0.717, 1.165) is 16.9 Å². The molecule has 9 heteroatoms. The van der Waals surface area contributed by atoms with E-state index in [4.69, 9.17) is 21.7 Å². The molecule has 0 atom stereocenters. The molecule has 0 spiro atoms. The van der Waals surface area contributed by atoms with Crippen LogP contribution in [-0.2, 0) is 4.79 Å². The monoisotopic (exact) mass is 552 g/mol. The summed E-state index contributed by atoms with van der Waals surface area (Å²) in [5, 5.41) is 11.8. The second-order valence-corrected chi connectivity index (χ2v) is 8.87. The number of hydrogen-bond donors (Lipinski definition) is 4. The summed E-state index contributed by atoms with van der Waals surface area (Å²) in [5.41, 5.74) is 4.07. The van der Waals surface area contributed by atoms with Gasteiger partial charge in [0.25, 0.3) is 5.91 Å². The van der Waals surface area contributed by atoms with Gasteiger partial charge in [0.05, 0.1) is 25.5 Å². The van der Waals surface area contributed by atoms with Crippen LogP contribution in [0.3, 0.4) is 0 Å². The van der Waals surface area contributed by atoms with Gasteiger partial charge in [0.2, 0.25) is 5.91 Å². The van der Waals surface area contributed by atoms with Crippen molar-refractivity contribution in [3.05, 3.63) is 114 Å². The fourth-order valence-corrected chi connectivity index (χ4v) is 3.96. The highest BCUT2D eigenvalue weighted by Gasteiger charge is 2.13. The highest BCUT2D eigenvalue weighted by molar-refractivity contribution is 7.80. The summed E-state index contributed by atoms with van der Waals surface area (Å²) in [6, 6.07) is 29.4. The van der Waals surface area contributed by atoms with Crippen LogP contribution >= 0.6 is 12.2 Å². The first kappa shape index (κ1) is 27.9. The van der Waals surface area contributed by atoms with Crippen molar-refractivity contribution in [1.29, 1.82) is 0 Å². The van der Waals surface area contributed by atoms with Crippen LogP contribution in [0.25, 0.3) is 6.08 Å². The molecule has 4 rings (SSSR count). The zero-order chi connectivity index (χ0) is 28.3. The first-order valence-corrected chi connectivity index (χ1v) is 12.7. The molecule has 0 saturated heterocycles. The van der Waals surface area contributed by atoms with Crippen LogP contribution < -0.4 is 30.7 Å². The molecular weight excluding hydrogens is 524 g/mol. The first-order valence-electron chi connectivity index (χ1n) is 12.3. The predicted octanol–water partition coefficient (Wildman–Crippen LogP) is 6.23. The van der Waals surface area contributed by atoms with Crippen molar-refractivity contribution in [2.75, 3.05) is 30.2 Å². The van der Waals surface area contributed by atoms with Crippen LogP contribution in [0.15, 0.2) is 103 Å². The van der Waals surface area contributed by atoms with E-state index in [1.165, 1.54) is 6.08 Å². The van der Waals surface area contributed by atoms with E-state index in [1.807, 2.05) is 54.6 Å². The lowest BCUT2D eigenvalue weighted by Crippen LogP contribution is -2.33. The number of anilines is 4. The van der Waals surface area contributed by atoms with Gasteiger partial charge in [-0.25, -0.2) is 0 Å². The Morgan fingerprint density at radius 1 is 0.725 bits per heavy atom. The second kappa shape index (κ2) is 13.6. The third-order valence-corrected chi connectivity index (χ3v) is 5.90. The van der Waals surface area contributed by atoms with Gasteiger partial charge >= 0.3 is 0 Å². The minimum atomic E-state index is -0.432. The number of thiocarbonyl (C=S) groups is 1. The van der Waals surface area contributed by atoms with Crippen LogP contribution in [0.1, 0.15) is 15.9 Å². The van der Waals surface area contributed by atoms with Gasteiger partial charge in [0.15, 0.2) is 16.6 Å². The molecule has 0 saturated carbocycles. The summed E-state index contributed by atoms with van der Waals surface area (Å²) >= 11 is 5.31. The summed E-state index contributed by atoms with van der Waals surface area (Å²) < 4.78 is 10.5. The Kier molecular flexibility index (Phi) is 9.47. The molecule has 8 nitrogen and oxygen atoms in total. The topological polar surface area (TPSA) is 101 Å². The molecule has 0 heterocycles. The minimum absolute atomic E-state index is 0.0542. The van der Waals surface area contributed by atoms with Crippen LogP contribution in [-0.4, -0.2) is 31.1 Å². The maximum absolute atomic E-state index is 13.0. The SMILES string of the molecule is COc1ccc(C=CC(=O)NC(=S)Nc2ccccc2C(=O)Nc2ccc(Nc3ccccc3)cc2)cc1OC. The average Bonchev–Trinajstić information content (AvgIpc) is 2.97. The Hall–Kier alpha value is -5.15. The minimum Gasteiger partial charge on any atom is -0.493 e. The molecule has 0 aromatic heterocycles. The number of hydrogen-bond acceptors (Lipinski definition) is 6. The largest absolute Gasteiger partial charge is 0.493 e. The number of carbonyl (C=O) groups is 2. The standard InChI is InChI=1S/C31H28N4O4S/c1-38-27-18-12-21(20-28(27)39-2)13-19-29(36)35-31(40)34-26-11-7-6-10-25(26)30(37)33-24-16-14-23(15-17-24)32-22-8-4-3-5-9-22/h3-20,32H,1-2H3,(H,33,37)(H2,34,35,36,40). The lowest BCUT2D eigenvalue weighted by atomic mass is 10.1. The second-order valence-electron chi connectivity index (χ2n) is 8.46. The molecule has 0 unspecified atom stereocenters. The van der Waals surface area contributed by atoms with Crippen LogP contribution in [0, 0.1) is 0 Å². The van der Waals surface area contributed by atoms with Gasteiger partial charge < -0.3 is 25.4 Å². The van der Waals surface area contributed by atoms with E-state index in [2.05, 4.69) is 21.3 Å². The predicted molar refractivity (Wildman–Crippen MR) is 164 cm³/mol. The number of ether oxygens (including phenoxy) is 2. The Labute approximate surface area is 238 Å². The van der Waals surface area contributed by atoms with Gasteiger partial charge in [0.1, 0.15) is 0 Å². The molecule has 0 fully saturated rings. The molecule has 4 aromatic carbocycles. The highest BCUT2D eigenvalue weighted by atomic mass is 32.1. The fraction of sp³-hybridized carbons (Fsp3) is 0.0645. The van der Waals surface area contributed by atoms with Gasteiger partial charge in [-0.15, -0.1) is 0 Å². The normalized spacial score (nSPS) is 10.4. The van der Waals surface area contributed by atoms with E-state index >= 15 is 0 Å². The molecule has 0 aliphatic rings. The first-order chi connectivity index (χ1) is 19.4. The quantitative estimate of drug-likeness (QED) is 0.144. The van der Waals surface area contributed by atoms with Crippen molar-refractivity contribution >= 4 is 58.0 Å². The van der Waals surface area contributed by atoms with E-state index in [1.54, 1.807) is 62.8 Å². The molecule has 0 bridgehead atoms. The molecule has 4 aromatic rings. The number of amides is 2. The molecular formula is C31H28N4O4S. The molecule has 202 valence electrons. The van der Waals surface area contributed by atoms with Gasteiger partial charge in [-0.2, -0.15) is 0 Å². The lowest BCUT2D eigenvalue weighted by molar-refractivity contribution is -0.115. The van der Waals surface area contributed by atoms with Crippen molar-refractivity contribution in [2.24, 2.45) is 0 Å². The molecule has 0 radical (unpaired) electrons. The third kappa shape index (κ3) is 7.68. The third-order valence-electron chi connectivity index (χ3n) is 5.70. The summed E-state index contributed by atoms with van der Waals surface area (Å²) in [7, 11) is 3.10. The van der Waals surface area contributed by atoms with Crippen molar-refractivity contribution < 1.29 is 19.1 Å². The van der Waals surface area contributed by atoms with E-state index in [0.29, 0.717) is 28.4 Å². The zero-order valence-corrected chi connectivity index (χ0v) is 22.8. The van der Waals surface area contributed by atoms with Crippen molar-refractivity contribution in [2.45, 2.75) is 0 Å². The van der Waals surface area contributed by atoms with E-state index in [-0.39, 0.29) is 11.0 Å². The lowest BCUT2D eigenvalue weighted by Gasteiger charge is -2.13.